The highest BCUT2D eigenvalue weighted by Gasteiger charge is 2.41. The highest BCUT2D eigenvalue weighted by Crippen LogP contribution is 2.37. The number of rotatable bonds is 5. The molecule has 0 aromatic carbocycles. The molecule has 0 radical (unpaired) electrons. The molecule has 3 unspecified atom stereocenters. The average Bonchev–Trinajstić information content (AvgIpc) is 2.40. The van der Waals surface area contributed by atoms with Gasteiger partial charge in [0.05, 0.1) is 0 Å². The van der Waals surface area contributed by atoms with Crippen molar-refractivity contribution in [2.45, 2.75) is 63.5 Å². The zero-order valence-corrected chi connectivity index (χ0v) is 14.3. The standard InChI is InChI=1S/C17H33N3O/c1-13(14-7-5-8-15(18)11-14)16(21)20(4)12-17(19(2)3)9-6-10-17/h13-15H,5-12,18H2,1-4H3. The summed E-state index contributed by atoms with van der Waals surface area (Å²) in [7, 11) is 6.26. The Labute approximate surface area is 130 Å². The van der Waals surface area contributed by atoms with Crippen LogP contribution in [0.25, 0.3) is 0 Å². The number of nitrogens with zero attached hydrogens (tertiary/aromatic N) is 2. The van der Waals surface area contributed by atoms with Gasteiger partial charge in [-0.15, -0.1) is 0 Å². The summed E-state index contributed by atoms with van der Waals surface area (Å²) < 4.78 is 0. The SMILES string of the molecule is CC(C(=O)N(C)CC1(N(C)C)CCC1)C1CCCC(N)C1. The number of hydrogen-bond acceptors (Lipinski definition) is 3. The van der Waals surface area contributed by atoms with Crippen LogP contribution in [0.5, 0.6) is 0 Å². The van der Waals surface area contributed by atoms with Crippen LogP contribution >= 0.6 is 0 Å². The molecule has 0 saturated heterocycles. The molecule has 4 heteroatoms. The molecule has 0 heterocycles. The molecule has 2 N–H and O–H groups in total. The molecular weight excluding hydrogens is 262 g/mol. The highest BCUT2D eigenvalue weighted by molar-refractivity contribution is 5.78. The predicted octanol–water partition coefficient (Wildman–Crippen LogP) is 2.08. The van der Waals surface area contributed by atoms with E-state index in [9.17, 15) is 4.79 Å². The van der Waals surface area contributed by atoms with Gasteiger partial charge >= 0.3 is 0 Å². The van der Waals surface area contributed by atoms with Gasteiger partial charge in [0.25, 0.3) is 0 Å². The van der Waals surface area contributed by atoms with E-state index in [1.54, 1.807) is 0 Å². The maximum atomic E-state index is 12.8. The first-order valence-corrected chi connectivity index (χ1v) is 8.54. The van der Waals surface area contributed by atoms with E-state index in [0.29, 0.717) is 17.9 Å². The molecule has 0 bridgehead atoms. The van der Waals surface area contributed by atoms with E-state index in [1.807, 2.05) is 11.9 Å². The number of likely N-dealkylation sites (N-methyl/N-ethyl adjacent to an activating group) is 2. The van der Waals surface area contributed by atoms with Gasteiger partial charge in [-0.1, -0.05) is 13.3 Å². The number of carbonyl (C=O) groups is 1. The Morgan fingerprint density at radius 1 is 1.24 bits per heavy atom. The van der Waals surface area contributed by atoms with E-state index in [4.69, 9.17) is 5.73 Å². The Morgan fingerprint density at radius 2 is 1.90 bits per heavy atom. The summed E-state index contributed by atoms with van der Waals surface area (Å²) in [6, 6.07) is 0.295. The fourth-order valence-electron chi connectivity index (χ4n) is 4.12. The molecule has 1 amide bonds. The van der Waals surface area contributed by atoms with Crippen molar-refractivity contribution in [3.63, 3.8) is 0 Å². The number of hydrogen-bond donors (Lipinski definition) is 1. The summed E-state index contributed by atoms with van der Waals surface area (Å²) in [5.41, 5.74) is 6.30. The molecule has 21 heavy (non-hydrogen) atoms. The van der Waals surface area contributed by atoms with Gasteiger partial charge in [0.15, 0.2) is 0 Å². The second-order valence-corrected chi connectivity index (χ2v) is 7.64. The maximum Gasteiger partial charge on any atom is 0.225 e. The van der Waals surface area contributed by atoms with Crippen LogP contribution in [0.1, 0.15) is 51.9 Å². The Morgan fingerprint density at radius 3 is 2.38 bits per heavy atom. The lowest BCUT2D eigenvalue weighted by atomic mass is 9.74. The van der Waals surface area contributed by atoms with Crippen molar-refractivity contribution < 1.29 is 4.79 Å². The third-order valence-electron chi connectivity index (χ3n) is 5.99. The molecule has 122 valence electrons. The van der Waals surface area contributed by atoms with E-state index in [1.165, 1.54) is 25.7 Å². The molecule has 0 spiro atoms. The third kappa shape index (κ3) is 3.59. The van der Waals surface area contributed by atoms with Crippen LogP contribution in [0.2, 0.25) is 0 Å². The summed E-state index contributed by atoms with van der Waals surface area (Å²) in [4.78, 5) is 17.0. The van der Waals surface area contributed by atoms with E-state index in [2.05, 4.69) is 25.9 Å². The quantitative estimate of drug-likeness (QED) is 0.845. The van der Waals surface area contributed by atoms with Crippen molar-refractivity contribution in [2.75, 3.05) is 27.7 Å². The van der Waals surface area contributed by atoms with Crippen molar-refractivity contribution in [1.82, 2.24) is 9.80 Å². The molecule has 4 nitrogen and oxygen atoms in total. The molecule has 3 atom stereocenters. The summed E-state index contributed by atoms with van der Waals surface area (Å²) in [5.74, 6) is 0.892. The molecule has 0 aromatic rings. The van der Waals surface area contributed by atoms with Gasteiger partial charge in [0, 0.05) is 31.1 Å². The van der Waals surface area contributed by atoms with Gasteiger partial charge in [-0.2, -0.15) is 0 Å². The van der Waals surface area contributed by atoms with Crippen molar-refractivity contribution in [3.05, 3.63) is 0 Å². The fraction of sp³-hybridized carbons (Fsp3) is 0.941. The first kappa shape index (κ1) is 16.8. The molecule has 2 rings (SSSR count). The maximum absolute atomic E-state index is 12.8. The van der Waals surface area contributed by atoms with Crippen LogP contribution in [0, 0.1) is 11.8 Å². The summed E-state index contributed by atoms with van der Waals surface area (Å²) in [6.45, 7) is 2.96. The van der Waals surface area contributed by atoms with Crippen molar-refractivity contribution in [3.8, 4) is 0 Å². The van der Waals surface area contributed by atoms with Gasteiger partial charge in [-0.25, -0.2) is 0 Å². The minimum atomic E-state index is 0.112. The highest BCUT2D eigenvalue weighted by atomic mass is 16.2. The summed E-state index contributed by atoms with van der Waals surface area (Å²) in [6.07, 6.45) is 8.17. The van der Waals surface area contributed by atoms with Gasteiger partial charge < -0.3 is 15.5 Å². The minimum Gasteiger partial charge on any atom is -0.344 e. The molecule has 2 fully saturated rings. The lowest BCUT2D eigenvalue weighted by Gasteiger charge is -2.49. The molecule has 0 aliphatic heterocycles. The molecule has 2 aliphatic rings. The Balaban J connectivity index is 1.92. The van der Waals surface area contributed by atoms with Gasteiger partial charge in [-0.05, 0) is 58.5 Å². The number of amides is 1. The van der Waals surface area contributed by atoms with Crippen LogP contribution in [-0.2, 0) is 4.79 Å². The molecule has 0 aromatic heterocycles. The van der Waals surface area contributed by atoms with Crippen LogP contribution < -0.4 is 5.73 Å². The van der Waals surface area contributed by atoms with Crippen molar-refractivity contribution >= 4 is 5.91 Å². The first-order chi connectivity index (χ1) is 9.85. The zero-order chi connectivity index (χ0) is 15.6. The van der Waals surface area contributed by atoms with Crippen LogP contribution in [-0.4, -0.2) is 55.0 Å². The summed E-state index contributed by atoms with van der Waals surface area (Å²) in [5, 5.41) is 0. The number of nitrogens with two attached hydrogens (primary N) is 1. The van der Waals surface area contributed by atoms with Gasteiger partial charge in [-0.3, -0.25) is 4.79 Å². The van der Waals surface area contributed by atoms with Crippen molar-refractivity contribution in [1.29, 1.82) is 0 Å². The van der Waals surface area contributed by atoms with Crippen molar-refractivity contribution in [2.24, 2.45) is 17.6 Å². The predicted molar refractivity (Wildman–Crippen MR) is 87.0 cm³/mol. The minimum absolute atomic E-state index is 0.112. The number of carbonyl (C=O) groups excluding carboxylic acids is 1. The van der Waals surface area contributed by atoms with E-state index < -0.39 is 0 Å². The van der Waals surface area contributed by atoms with Gasteiger partial charge in [0.2, 0.25) is 5.91 Å². The smallest absolute Gasteiger partial charge is 0.225 e. The van der Waals surface area contributed by atoms with Crippen LogP contribution in [0.3, 0.4) is 0 Å². The topological polar surface area (TPSA) is 49.6 Å². The van der Waals surface area contributed by atoms with Gasteiger partial charge in [0.1, 0.15) is 0 Å². The lowest BCUT2D eigenvalue weighted by molar-refractivity contribution is -0.138. The Bertz CT molecular complexity index is 365. The van der Waals surface area contributed by atoms with Crippen LogP contribution in [0.4, 0.5) is 0 Å². The van der Waals surface area contributed by atoms with Crippen LogP contribution in [0.15, 0.2) is 0 Å². The monoisotopic (exact) mass is 295 g/mol. The Hall–Kier alpha value is -0.610. The average molecular weight is 295 g/mol. The second kappa shape index (κ2) is 6.66. The third-order valence-corrected chi connectivity index (χ3v) is 5.99. The zero-order valence-electron chi connectivity index (χ0n) is 14.3. The molecular formula is C17H33N3O. The normalized spacial score (nSPS) is 29.8. The summed E-state index contributed by atoms with van der Waals surface area (Å²) >= 11 is 0. The second-order valence-electron chi connectivity index (χ2n) is 7.64. The lowest BCUT2D eigenvalue weighted by Crippen LogP contribution is -2.58. The largest absolute Gasteiger partial charge is 0.344 e. The Kier molecular flexibility index (Phi) is 5.31. The van der Waals surface area contributed by atoms with E-state index >= 15 is 0 Å². The fourth-order valence-corrected chi connectivity index (χ4v) is 4.12. The molecule has 2 aliphatic carbocycles. The van der Waals surface area contributed by atoms with E-state index in [-0.39, 0.29) is 11.5 Å². The van der Waals surface area contributed by atoms with E-state index in [0.717, 1.165) is 25.8 Å². The molecule has 2 saturated carbocycles. The first-order valence-electron chi connectivity index (χ1n) is 8.54.